The Kier molecular flexibility index (Phi) is 7.94. The lowest BCUT2D eigenvalue weighted by Crippen LogP contribution is -2.50. The van der Waals surface area contributed by atoms with Gasteiger partial charge in [-0.25, -0.2) is 4.79 Å². The number of carbonyl (C=O) groups is 2. The van der Waals surface area contributed by atoms with Crippen molar-refractivity contribution in [1.82, 2.24) is 9.80 Å². The molecule has 0 aromatic rings. The Morgan fingerprint density at radius 1 is 1.08 bits per heavy atom. The van der Waals surface area contributed by atoms with Gasteiger partial charge in [0.1, 0.15) is 6.10 Å². The number of likely N-dealkylation sites (tertiary alicyclic amines) is 1. The number of amides is 2. The summed E-state index contributed by atoms with van der Waals surface area (Å²) in [5, 5.41) is 10.3. The van der Waals surface area contributed by atoms with Crippen LogP contribution in [0.5, 0.6) is 0 Å². The molecule has 4 aliphatic carbocycles. The minimum Gasteiger partial charge on any atom is -0.446 e. The van der Waals surface area contributed by atoms with Gasteiger partial charge in [-0.1, -0.05) is 32.4 Å². The van der Waals surface area contributed by atoms with Crippen LogP contribution in [0.3, 0.4) is 0 Å². The van der Waals surface area contributed by atoms with E-state index in [9.17, 15) is 14.7 Å². The summed E-state index contributed by atoms with van der Waals surface area (Å²) in [7, 11) is 3.40. The molecule has 38 heavy (non-hydrogen) atoms. The molecule has 214 valence electrons. The van der Waals surface area contributed by atoms with E-state index >= 15 is 0 Å². The van der Waals surface area contributed by atoms with Gasteiger partial charge in [-0.3, -0.25) is 4.79 Å². The number of nitrogens with zero attached hydrogens (tertiary/aromatic N) is 2. The first-order valence-corrected chi connectivity index (χ1v) is 15.6. The van der Waals surface area contributed by atoms with Gasteiger partial charge in [-0.2, -0.15) is 0 Å². The van der Waals surface area contributed by atoms with E-state index in [1.165, 1.54) is 37.0 Å². The fourth-order valence-corrected chi connectivity index (χ4v) is 9.80. The second-order valence-corrected chi connectivity index (χ2v) is 14.3. The normalized spacial score (nSPS) is 39.9. The number of carbonyl (C=O) groups excluding carboxylic acids is 2. The van der Waals surface area contributed by atoms with Crippen molar-refractivity contribution in [3.05, 3.63) is 11.6 Å². The zero-order valence-corrected chi connectivity index (χ0v) is 24.6. The van der Waals surface area contributed by atoms with Crippen molar-refractivity contribution in [2.45, 2.75) is 110 Å². The molecule has 1 aliphatic heterocycles. The van der Waals surface area contributed by atoms with Crippen LogP contribution < -0.4 is 0 Å². The number of hydrogen-bond donors (Lipinski definition) is 1. The Morgan fingerprint density at radius 3 is 2.53 bits per heavy atom. The first-order chi connectivity index (χ1) is 18.0. The van der Waals surface area contributed by atoms with E-state index in [1.807, 2.05) is 4.90 Å². The zero-order valence-electron chi connectivity index (χ0n) is 24.6. The third-order valence-electron chi connectivity index (χ3n) is 12.1. The van der Waals surface area contributed by atoms with Crippen LogP contribution in [0.25, 0.3) is 0 Å². The molecule has 8 atom stereocenters. The van der Waals surface area contributed by atoms with Crippen LogP contribution in [-0.2, 0) is 9.53 Å². The van der Waals surface area contributed by atoms with Crippen molar-refractivity contribution < 1.29 is 19.4 Å². The molecular formula is C32H52N2O4. The van der Waals surface area contributed by atoms with Crippen LogP contribution in [-0.4, -0.2) is 66.3 Å². The van der Waals surface area contributed by atoms with Crippen LogP contribution in [0.1, 0.15) is 97.8 Å². The van der Waals surface area contributed by atoms with Gasteiger partial charge in [0.05, 0.1) is 6.10 Å². The summed E-state index contributed by atoms with van der Waals surface area (Å²) in [6.07, 6.45) is 14.7. The summed E-state index contributed by atoms with van der Waals surface area (Å²) in [5.41, 5.74) is 2.26. The van der Waals surface area contributed by atoms with E-state index < -0.39 is 0 Å². The van der Waals surface area contributed by atoms with Crippen LogP contribution in [0.4, 0.5) is 4.79 Å². The van der Waals surface area contributed by atoms with Gasteiger partial charge in [-0.15, -0.1) is 0 Å². The van der Waals surface area contributed by atoms with Crippen molar-refractivity contribution in [2.75, 3.05) is 27.2 Å². The zero-order chi connectivity index (χ0) is 27.2. The number of aliphatic hydroxyl groups excluding tert-OH is 1. The van der Waals surface area contributed by atoms with E-state index in [-0.39, 0.29) is 24.2 Å². The number of hydrogen-bond acceptors (Lipinski definition) is 4. The van der Waals surface area contributed by atoms with E-state index in [0.717, 1.165) is 56.3 Å². The van der Waals surface area contributed by atoms with Gasteiger partial charge < -0.3 is 19.6 Å². The third kappa shape index (κ3) is 5.04. The van der Waals surface area contributed by atoms with Crippen LogP contribution in [0, 0.1) is 40.4 Å². The fraction of sp³-hybridized carbons (Fsp3) is 0.875. The predicted octanol–water partition coefficient (Wildman–Crippen LogP) is 6.03. The molecule has 0 bridgehead atoms. The first kappa shape index (κ1) is 28.0. The SMILES string of the molecule is CC(CCC(=O)N1CCC(OC(=O)N(C)C)CC1)[C@H]1CC[C@H]2[C@@H]3CC=C4C[C@@H](O)CC[C@]4(C)[C@H]3CC[C@]12C. The molecular weight excluding hydrogens is 476 g/mol. The van der Waals surface area contributed by atoms with E-state index in [0.29, 0.717) is 42.2 Å². The molecule has 5 aliphatic rings. The molecule has 6 heteroatoms. The van der Waals surface area contributed by atoms with Crippen molar-refractivity contribution >= 4 is 12.0 Å². The molecule has 3 saturated carbocycles. The van der Waals surface area contributed by atoms with Crippen molar-refractivity contribution in [3.63, 3.8) is 0 Å². The molecule has 0 aromatic heterocycles. The highest BCUT2D eigenvalue weighted by atomic mass is 16.6. The van der Waals surface area contributed by atoms with Gasteiger partial charge >= 0.3 is 6.09 Å². The lowest BCUT2D eigenvalue weighted by atomic mass is 9.47. The van der Waals surface area contributed by atoms with Gasteiger partial charge in [-0.05, 0) is 98.2 Å². The smallest absolute Gasteiger partial charge is 0.409 e. The highest BCUT2D eigenvalue weighted by molar-refractivity contribution is 5.76. The molecule has 0 radical (unpaired) electrons. The molecule has 4 fully saturated rings. The van der Waals surface area contributed by atoms with Crippen LogP contribution >= 0.6 is 0 Å². The molecule has 1 heterocycles. The predicted molar refractivity (Wildman–Crippen MR) is 149 cm³/mol. The fourth-order valence-electron chi connectivity index (χ4n) is 9.80. The summed E-state index contributed by atoms with van der Waals surface area (Å²) in [6, 6.07) is 0. The molecule has 0 aromatic carbocycles. The average molecular weight is 529 g/mol. The van der Waals surface area contributed by atoms with Gasteiger partial charge in [0, 0.05) is 46.4 Å². The third-order valence-corrected chi connectivity index (χ3v) is 12.1. The maximum Gasteiger partial charge on any atom is 0.409 e. The molecule has 1 saturated heterocycles. The Balaban J connectivity index is 1.14. The van der Waals surface area contributed by atoms with Gasteiger partial charge in [0.25, 0.3) is 0 Å². The lowest BCUT2D eigenvalue weighted by Gasteiger charge is -2.58. The van der Waals surface area contributed by atoms with E-state index in [2.05, 4.69) is 26.8 Å². The maximum absolute atomic E-state index is 13.1. The average Bonchev–Trinajstić information content (AvgIpc) is 3.25. The second-order valence-electron chi connectivity index (χ2n) is 14.3. The molecule has 5 rings (SSSR count). The van der Waals surface area contributed by atoms with Gasteiger partial charge in [0.2, 0.25) is 5.91 Å². The Labute approximate surface area is 230 Å². The maximum atomic E-state index is 13.1. The number of piperidine rings is 1. The quantitative estimate of drug-likeness (QED) is 0.442. The number of fused-ring (bicyclic) bond motifs is 5. The largest absolute Gasteiger partial charge is 0.446 e. The summed E-state index contributed by atoms with van der Waals surface area (Å²) < 4.78 is 5.52. The molecule has 6 nitrogen and oxygen atoms in total. The van der Waals surface area contributed by atoms with Crippen molar-refractivity contribution in [1.29, 1.82) is 0 Å². The van der Waals surface area contributed by atoms with Crippen molar-refractivity contribution in [3.8, 4) is 0 Å². The monoisotopic (exact) mass is 528 g/mol. The Morgan fingerprint density at radius 2 is 1.82 bits per heavy atom. The summed E-state index contributed by atoms with van der Waals surface area (Å²) in [4.78, 5) is 28.4. The van der Waals surface area contributed by atoms with Gasteiger partial charge in [0.15, 0.2) is 0 Å². The number of aliphatic hydroxyl groups is 1. The highest BCUT2D eigenvalue weighted by Gasteiger charge is 2.59. The topological polar surface area (TPSA) is 70.1 Å². The number of ether oxygens (including phenoxy) is 1. The first-order valence-electron chi connectivity index (χ1n) is 15.6. The van der Waals surface area contributed by atoms with Crippen molar-refractivity contribution in [2.24, 2.45) is 40.4 Å². The minimum atomic E-state index is -0.294. The summed E-state index contributed by atoms with van der Waals surface area (Å²) in [6.45, 7) is 8.90. The molecule has 0 spiro atoms. The second kappa shape index (κ2) is 10.8. The minimum absolute atomic E-state index is 0.0787. The highest BCUT2D eigenvalue weighted by Crippen LogP contribution is 2.67. The summed E-state index contributed by atoms with van der Waals surface area (Å²) >= 11 is 0. The number of allylic oxidation sites excluding steroid dienone is 1. The van der Waals surface area contributed by atoms with E-state index in [1.54, 1.807) is 19.7 Å². The van der Waals surface area contributed by atoms with Crippen LogP contribution in [0.2, 0.25) is 0 Å². The molecule has 2 amide bonds. The summed E-state index contributed by atoms with van der Waals surface area (Å²) in [5.74, 6) is 3.93. The molecule has 1 unspecified atom stereocenters. The van der Waals surface area contributed by atoms with Crippen LogP contribution in [0.15, 0.2) is 11.6 Å². The Bertz CT molecular complexity index is 924. The number of rotatable bonds is 5. The lowest BCUT2D eigenvalue weighted by molar-refractivity contribution is -0.133. The Hall–Kier alpha value is -1.56. The van der Waals surface area contributed by atoms with E-state index in [4.69, 9.17) is 4.74 Å². The standard InChI is InChI=1S/C32H52N2O4/c1-21(6-11-29(36)34-18-14-24(15-19-34)38-30(37)33(4)5)26-9-10-27-25-8-7-22-20-23(35)12-16-31(22,2)28(25)13-17-32(26,27)3/h7,21,23-28,35H,6,8-20H2,1-5H3/t21?,23-,25-,26+,27-,28-,31-,32+/m0/s1. The molecule has 1 N–H and O–H groups in total.